The minimum Gasteiger partial charge on any atom is -0.508 e. The average Bonchev–Trinajstić information content (AvgIpc) is 3.46. The zero-order valence-electron chi connectivity index (χ0n) is 14.6. The lowest BCUT2D eigenvalue weighted by atomic mass is 10.1. The molecule has 0 atom stereocenters. The lowest BCUT2D eigenvalue weighted by molar-refractivity contribution is 0.0628. The number of phenols is 1. The van der Waals surface area contributed by atoms with Gasteiger partial charge in [-0.3, -0.25) is 14.5 Å². The molecule has 136 valence electrons. The van der Waals surface area contributed by atoms with Crippen molar-refractivity contribution in [2.24, 2.45) is 0 Å². The van der Waals surface area contributed by atoms with Crippen molar-refractivity contribution in [2.45, 2.75) is 25.3 Å². The monoisotopic (exact) mass is 353 g/mol. The zero-order valence-corrected chi connectivity index (χ0v) is 14.6. The number of benzene rings is 1. The summed E-state index contributed by atoms with van der Waals surface area (Å²) in [6.45, 7) is 3.60. The first kappa shape index (κ1) is 16.8. The predicted octanol–water partition coefficient (Wildman–Crippen LogP) is 1.92. The molecule has 6 nitrogen and oxygen atoms in total. The van der Waals surface area contributed by atoms with Crippen LogP contribution in [0.2, 0.25) is 0 Å². The van der Waals surface area contributed by atoms with Gasteiger partial charge in [-0.1, -0.05) is 12.1 Å². The van der Waals surface area contributed by atoms with Gasteiger partial charge >= 0.3 is 0 Å². The van der Waals surface area contributed by atoms with Gasteiger partial charge in [0.25, 0.3) is 5.91 Å². The lowest BCUT2D eigenvalue weighted by Gasteiger charge is -2.34. The number of amides is 1. The largest absolute Gasteiger partial charge is 0.508 e. The molecule has 1 amide bonds. The van der Waals surface area contributed by atoms with E-state index in [1.54, 1.807) is 12.1 Å². The molecule has 1 aromatic heterocycles. The molecule has 2 N–H and O–H groups in total. The van der Waals surface area contributed by atoms with E-state index in [-0.39, 0.29) is 17.2 Å². The normalized spacial score (nSPS) is 18.1. The first-order valence-corrected chi connectivity index (χ1v) is 9.12. The van der Waals surface area contributed by atoms with Crippen molar-refractivity contribution in [3.63, 3.8) is 0 Å². The zero-order chi connectivity index (χ0) is 18.1. The topological polar surface area (TPSA) is 76.6 Å². The minimum absolute atomic E-state index is 0.0602. The van der Waals surface area contributed by atoms with Crippen LogP contribution in [0.4, 0.5) is 0 Å². The molecule has 0 spiro atoms. The van der Waals surface area contributed by atoms with Gasteiger partial charge < -0.3 is 15.0 Å². The number of pyridine rings is 1. The summed E-state index contributed by atoms with van der Waals surface area (Å²) in [6, 6.07) is 10.5. The Labute approximate surface area is 152 Å². The third-order valence-corrected chi connectivity index (χ3v) is 5.11. The number of nitrogens with zero attached hydrogens (tertiary/aromatic N) is 2. The van der Waals surface area contributed by atoms with Gasteiger partial charge in [-0.2, -0.15) is 0 Å². The van der Waals surface area contributed by atoms with Crippen molar-refractivity contribution in [1.82, 2.24) is 14.8 Å². The van der Waals surface area contributed by atoms with E-state index in [9.17, 15) is 14.7 Å². The van der Waals surface area contributed by atoms with Crippen molar-refractivity contribution in [2.75, 3.05) is 26.2 Å². The Morgan fingerprint density at radius 3 is 2.58 bits per heavy atom. The van der Waals surface area contributed by atoms with E-state index in [1.165, 1.54) is 6.07 Å². The van der Waals surface area contributed by atoms with Crippen molar-refractivity contribution in [3.05, 3.63) is 63.6 Å². The Balaban J connectivity index is 1.38. The number of aromatic amines is 1. The standard InChI is InChI=1S/C20H23N3O3/c24-17-3-1-2-14(10-17)13-22-6-8-23(9-7-22)20(26)16-11-18(15-4-5-15)21-19(25)12-16/h1-3,10-12,15,24H,4-9,13H2,(H,21,25). The Hall–Kier alpha value is -2.60. The molecular weight excluding hydrogens is 330 g/mol. The number of hydrogen-bond acceptors (Lipinski definition) is 4. The highest BCUT2D eigenvalue weighted by Crippen LogP contribution is 2.38. The van der Waals surface area contributed by atoms with Crippen LogP contribution in [0.5, 0.6) is 5.75 Å². The van der Waals surface area contributed by atoms with Crippen LogP contribution in [-0.2, 0) is 6.54 Å². The number of hydrogen-bond donors (Lipinski definition) is 2. The molecule has 6 heteroatoms. The average molecular weight is 353 g/mol. The van der Waals surface area contributed by atoms with Gasteiger partial charge in [0, 0.05) is 50.0 Å². The van der Waals surface area contributed by atoms with Crippen LogP contribution in [0.3, 0.4) is 0 Å². The molecule has 2 aromatic rings. The van der Waals surface area contributed by atoms with Crippen LogP contribution in [0, 0.1) is 0 Å². The third-order valence-electron chi connectivity index (χ3n) is 5.11. The second-order valence-corrected chi connectivity index (χ2v) is 7.20. The summed E-state index contributed by atoms with van der Waals surface area (Å²) in [5.41, 5.74) is 2.26. The molecule has 1 saturated heterocycles. The van der Waals surface area contributed by atoms with Crippen LogP contribution in [0.25, 0.3) is 0 Å². The van der Waals surface area contributed by atoms with Crippen molar-refractivity contribution in [3.8, 4) is 5.75 Å². The number of piperazine rings is 1. The summed E-state index contributed by atoms with van der Waals surface area (Å²) < 4.78 is 0. The van der Waals surface area contributed by atoms with Gasteiger partial charge in [0.2, 0.25) is 5.56 Å². The molecule has 1 aliphatic carbocycles. The fourth-order valence-corrected chi connectivity index (χ4v) is 3.51. The maximum absolute atomic E-state index is 12.8. The number of nitrogens with one attached hydrogen (secondary N) is 1. The number of rotatable bonds is 4. The maximum Gasteiger partial charge on any atom is 0.254 e. The lowest BCUT2D eigenvalue weighted by Crippen LogP contribution is -2.48. The van der Waals surface area contributed by atoms with E-state index < -0.39 is 0 Å². The van der Waals surface area contributed by atoms with E-state index >= 15 is 0 Å². The SMILES string of the molecule is O=C(c1cc(C2CC2)[nH]c(=O)c1)N1CCN(Cc2cccc(O)c2)CC1. The number of aromatic nitrogens is 1. The van der Waals surface area contributed by atoms with Crippen LogP contribution in [0.15, 0.2) is 41.2 Å². The first-order chi connectivity index (χ1) is 12.6. The molecule has 1 aliphatic heterocycles. The van der Waals surface area contributed by atoms with E-state index in [0.29, 0.717) is 24.6 Å². The van der Waals surface area contributed by atoms with Crippen molar-refractivity contribution < 1.29 is 9.90 Å². The van der Waals surface area contributed by atoms with Crippen LogP contribution in [0.1, 0.15) is 40.4 Å². The molecule has 4 rings (SSSR count). The molecule has 0 unspecified atom stereocenters. The summed E-state index contributed by atoms with van der Waals surface area (Å²) in [6.07, 6.45) is 2.17. The van der Waals surface area contributed by atoms with Crippen molar-refractivity contribution in [1.29, 1.82) is 0 Å². The number of phenolic OH excluding ortho intramolecular Hbond substituents is 1. The molecule has 2 heterocycles. The summed E-state index contributed by atoms with van der Waals surface area (Å²) >= 11 is 0. The summed E-state index contributed by atoms with van der Waals surface area (Å²) in [7, 11) is 0. The Kier molecular flexibility index (Phi) is 4.51. The number of H-pyrrole nitrogens is 1. The molecule has 1 aromatic carbocycles. The van der Waals surface area contributed by atoms with Gasteiger partial charge in [-0.05, 0) is 42.5 Å². The molecule has 2 aliphatic rings. The molecule has 1 saturated carbocycles. The summed E-state index contributed by atoms with van der Waals surface area (Å²) in [4.78, 5) is 31.6. The molecule has 2 fully saturated rings. The van der Waals surface area contributed by atoms with Gasteiger partial charge in [0.1, 0.15) is 5.75 Å². The fraction of sp³-hybridized carbons (Fsp3) is 0.400. The maximum atomic E-state index is 12.8. The fourth-order valence-electron chi connectivity index (χ4n) is 3.51. The Bertz CT molecular complexity index is 865. The third kappa shape index (κ3) is 3.80. The van der Waals surface area contributed by atoms with Gasteiger partial charge in [0.15, 0.2) is 0 Å². The number of aromatic hydroxyl groups is 1. The second kappa shape index (κ2) is 6.96. The van der Waals surface area contributed by atoms with Gasteiger partial charge in [0.05, 0.1) is 0 Å². The smallest absolute Gasteiger partial charge is 0.254 e. The number of carbonyl (C=O) groups is 1. The molecule has 26 heavy (non-hydrogen) atoms. The summed E-state index contributed by atoms with van der Waals surface area (Å²) in [5, 5.41) is 9.57. The predicted molar refractivity (Wildman–Crippen MR) is 98.3 cm³/mol. The minimum atomic E-state index is -0.194. The quantitative estimate of drug-likeness (QED) is 0.880. The van der Waals surface area contributed by atoms with Crippen LogP contribution < -0.4 is 5.56 Å². The Morgan fingerprint density at radius 1 is 1.12 bits per heavy atom. The van der Waals surface area contributed by atoms with E-state index in [0.717, 1.165) is 43.7 Å². The molecule has 0 radical (unpaired) electrons. The second-order valence-electron chi connectivity index (χ2n) is 7.20. The van der Waals surface area contributed by atoms with E-state index in [1.807, 2.05) is 23.1 Å². The molecular formula is C20H23N3O3. The first-order valence-electron chi connectivity index (χ1n) is 9.12. The van der Waals surface area contributed by atoms with Crippen molar-refractivity contribution >= 4 is 5.91 Å². The number of carbonyl (C=O) groups excluding carboxylic acids is 1. The van der Waals surface area contributed by atoms with E-state index in [2.05, 4.69) is 9.88 Å². The summed E-state index contributed by atoms with van der Waals surface area (Å²) in [5.74, 6) is 0.627. The highest BCUT2D eigenvalue weighted by molar-refractivity contribution is 5.94. The van der Waals surface area contributed by atoms with Crippen LogP contribution >= 0.6 is 0 Å². The van der Waals surface area contributed by atoms with Gasteiger partial charge in [-0.15, -0.1) is 0 Å². The molecule has 0 bridgehead atoms. The Morgan fingerprint density at radius 2 is 1.88 bits per heavy atom. The highest BCUT2D eigenvalue weighted by atomic mass is 16.3. The van der Waals surface area contributed by atoms with E-state index in [4.69, 9.17) is 0 Å². The highest BCUT2D eigenvalue weighted by Gasteiger charge is 2.27. The van der Waals surface area contributed by atoms with Crippen LogP contribution in [-0.4, -0.2) is 52.0 Å². The van der Waals surface area contributed by atoms with Gasteiger partial charge in [-0.25, -0.2) is 0 Å².